The number of piperidine rings is 1. The van der Waals surface area contributed by atoms with Crippen LogP contribution in [-0.2, 0) is 21.3 Å². The highest BCUT2D eigenvalue weighted by atomic mass is 35.5. The first-order valence-corrected chi connectivity index (χ1v) is 9.27. The molecule has 22 heavy (non-hydrogen) atoms. The van der Waals surface area contributed by atoms with Crippen molar-refractivity contribution in [2.75, 3.05) is 20.2 Å². The van der Waals surface area contributed by atoms with Crippen LogP contribution in [0.1, 0.15) is 31.7 Å². The second kappa shape index (κ2) is 7.97. The molecule has 6 heteroatoms. The number of hydrogen-bond acceptors (Lipinski definition) is 3. The number of rotatable bonds is 5. The average molecular weight is 344 g/mol. The number of nitrogens with zero attached hydrogens (tertiary/aromatic N) is 1. The number of halogens is 1. The Morgan fingerprint density at radius 1 is 1.36 bits per heavy atom. The van der Waals surface area contributed by atoms with Gasteiger partial charge in [0.1, 0.15) is 11.0 Å². The van der Waals surface area contributed by atoms with Gasteiger partial charge in [-0.05, 0) is 43.9 Å². The van der Waals surface area contributed by atoms with Crippen molar-refractivity contribution in [2.45, 2.75) is 37.2 Å². The molecule has 4 nitrogen and oxygen atoms in total. The first-order chi connectivity index (χ1) is 10.5. The van der Waals surface area contributed by atoms with Crippen molar-refractivity contribution in [3.8, 4) is 5.75 Å². The minimum atomic E-state index is -1.26. The van der Waals surface area contributed by atoms with Gasteiger partial charge in [0.15, 0.2) is 0 Å². The maximum Gasteiger partial charge on any atom is 0.238 e. The standard InChI is InChI=1S/C16H22ClNO3S/c1-12(16(19)18-8-4-3-5-9-18)22(20)11-13-6-7-15(21-2)14(17)10-13/h6-7,10,12H,3-5,8-9,11H2,1-2H3/t12-,22+/m1/s1. The summed E-state index contributed by atoms with van der Waals surface area (Å²) in [5, 5.41) is 0.00554. The Hall–Kier alpha value is -1.07. The molecule has 1 amide bonds. The molecule has 1 aliphatic heterocycles. The van der Waals surface area contributed by atoms with Gasteiger partial charge in [0.05, 0.1) is 12.1 Å². The zero-order chi connectivity index (χ0) is 16.1. The Labute approximate surface area is 139 Å². The Kier molecular flexibility index (Phi) is 6.26. The summed E-state index contributed by atoms with van der Waals surface area (Å²) in [5.41, 5.74) is 0.849. The van der Waals surface area contributed by atoms with E-state index in [2.05, 4.69) is 0 Å². The second-order valence-electron chi connectivity index (χ2n) is 5.52. The maximum atomic E-state index is 12.5. The molecule has 0 saturated carbocycles. The monoisotopic (exact) mass is 343 g/mol. The Balaban J connectivity index is 1.98. The molecular weight excluding hydrogens is 322 g/mol. The molecule has 1 aliphatic rings. The van der Waals surface area contributed by atoms with E-state index in [-0.39, 0.29) is 5.91 Å². The van der Waals surface area contributed by atoms with E-state index in [4.69, 9.17) is 16.3 Å². The molecule has 1 heterocycles. The molecule has 0 unspecified atom stereocenters. The van der Waals surface area contributed by atoms with Gasteiger partial charge in [0.25, 0.3) is 0 Å². The minimum Gasteiger partial charge on any atom is -0.495 e. The van der Waals surface area contributed by atoms with E-state index in [9.17, 15) is 9.00 Å². The smallest absolute Gasteiger partial charge is 0.238 e. The van der Waals surface area contributed by atoms with Gasteiger partial charge in [-0.2, -0.15) is 0 Å². The third-order valence-electron chi connectivity index (χ3n) is 3.93. The van der Waals surface area contributed by atoms with Crippen molar-refractivity contribution in [1.82, 2.24) is 4.90 Å². The number of likely N-dealkylation sites (tertiary alicyclic amines) is 1. The van der Waals surface area contributed by atoms with Crippen LogP contribution < -0.4 is 4.74 Å². The molecule has 1 saturated heterocycles. The molecule has 0 bridgehead atoms. The third-order valence-corrected chi connectivity index (χ3v) is 5.84. The lowest BCUT2D eigenvalue weighted by molar-refractivity contribution is -0.131. The van der Waals surface area contributed by atoms with E-state index in [1.807, 2.05) is 11.0 Å². The summed E-state index contributed by atoms with van der Waals surface area (Å²) in [6.07, 6.45) is 3.25. The van der Waals surface area contributed by atoms with Gasteiger partial charge in [-0.25, -0.2) is 0 Å². The Morgan fingerprint density at radius 3 is 2.64 bits per heavy atom. The van der Waals surface area contributed by atoms with Crippen LogP contribution in [0.4, 0.5) is 0 Å². The fourth-order valence-corrected chi connectivity index (χ4v) is 3.99. The molecule has 1 aromatic carbocycles. The summed E-state index contributed by atoms with van der Waals surface area (Å²) < 4.78 is 17.6. The van der Waals surface area contributed by atoms with Crippen molar-refractivity contribution in [2.24, 2.45) is 0 Å². The third kappa shape index (κ3) is 4.23. The number of carbonyl (C=O) groups is 1. The largest absolute Gasteiger partial charge is 0.495 e. The van der Waals surface area contributed by atoms with E-state index >= 15 is 0 Å². The van der Waals surface area contributed by atoms with Crippen LogP contribution in [0.3, 0.4) is 0 Å². The highest BCUT2D eigenvalue weighted by Crippen LogP contribution is 2.26. The van der Waals surface area contributed by atoms with Crippen molar-refractivity contribution in [1.29, 1.82) is 0 Å². The number of methoxy groups -OCH3 is 1. The molecule has 0 aliphatic carbocycles. The number of benzene rings is 1. The van der Waals surface area contributed by atoms with E-state index in [1.165, 1.54) is 6.42 Å². The molecule has 1 aromatic rings. The number of carbonyl (C=O) groups excluding carboxylic acids is 1. The van der Waals surface area contributed by atoms with Gasteiger partial charge in [0, 0.05) is 29.6 Å². The number of hydrogen-bond donors (Lipinski definition) is 0. The molecule has 2 atom stereocenters. The zero-order valence-corrected chi connectivity index (χ0v) is 14.6. The summed E-state index contributed by atoms with van der Waals surface area (Å²) in [5.74, 6) is 0.913. The first kappa shape index (κ1) is 17.3. The predicted octanol–water partition coefficient (Wildman–Crippen LogP) is 3.00. The van der Waals surface area contributed by atoms with Crippen molar-refractivity contribution in [3.05, 3.63) is 28.8 Å². The lowest BCUT2D eigenvalue weighted by Crippen LogP contribution is -2.42. The zero-order valence-electron chi connectivity index (χ0n) is 13.0. The summed E-state index contributed by atoms with van der Waals surface area (Å²) in [6, 6.07) is 5.34. The first-order valence-electron chi connectivity index (χ1n) is 7.51. The van der Waals surface area contributed by atoms with Crippen LogP contribution in [0.5, 0.6) is 5.75 Å². The molecule has 1 fully saturated rings. The molecular formula is C16H22ClNO3S. The summed E-state index contributed by atoms with van der Waals surface area (Å²) in [7, 11) is 0.299. The Bertz CT molecular complexity index is 558. The SMILES string of the molecule is COc1ccc(C[S@](=O)[C@H](C)C(=O)N2CCCCC2)cc1Cl. The lowest BCUT2D eigenvalue weighted by Gasteiger charge is -2.29. The van der Waals surface area contributed by atoms with E-state index in [0.29, 0.717) is 16.5 Å². The summed E-state index contributed by atoms with van der Waals surface area (Å²) in [6.45, 7) is 3.32. The maximum absolute atomic E-state index is 12.5. The van der Waals surface area contributed by atoms with Crippen LogP contribution >= 0.6 is 11.6 Å². The van der Waals surface area contributed by atoms with Gasteiger partial charge < -0.3 is 9.64 Å². The van der Waals surface area contributed by atoms with Crippen LogP contribution in [0.2, 0.25) is 5.02 Å². The van der Waals surface area contributed by atoms with E-state index in [0.717, 1.165) is 31.5 Å². The van der Waals surface area contributed by atoms with Gasteiger partial charge in [-0.3, -0.25) is 9.00 Å². The van der Waals surface area contributed by atoms with Gasteiger partial charge in [-0.15, -0.1) is 0 Å². The quantitative estimate of drug-likeness (QED) is 0.825. The highest BCUT2D eigenvalue weighted by Gasteiger charge is 2.26. The number of ether oxygens (including phenoxy) is 1. The molecule has 0 spiro atoms. The average Bonchev–Trinajstić information content (AvgIpc) is 2.54. The summed E-state index contributed by atoms with van der Waals surface area (Å²) in [4.78, 5) is 14.2. The Morgan fingerprint density at radius 2 is 2.05 bits per heavy atom. The minimum absolute atomic E-state index is 0.00218. The second-order valence-corrected chi connectivity index (χ2v) is 7.69. The van der Waals surface area contributed by atoms with E-state index < -0.39 is 16.0 Å². The van der Waals surface area contributed by atoms with Crippen LogP contribution in [0.25, 0.3) is 0 Å². The number of amides is 1. The molecule has 0 radical (unpaired) electrons. The fourth-order valence-electron chi connectivity index (χ4n) is 2.57. The molecule has 0 N–H and O–H groups in total. The van der Waals surface area contributed by atoms with Crippen LogP contribution in [0.15, 0.2) is 18.2 Å². The normalized spacial score (nSPS) is 17.9. The van der Waals surface area contributed by atoms with Crippen molar-refractivity contribution in [3.63, 3.8) is 0 Å². The van der Waals surface area contributed by atoms with Gasteiger partial charge >= 0.3 is 0 Å². The van der Waals surface area contributed by atoms with Gasteiger partial charge in [0.2, 0.25) is 5.91 Å². The van der Waals surface area contributed by atoms with Crippen molar-refractivity contribution >= 4 is 28.3 Å². The molecule has 122 valence electrons. The van der Waals surface area contributed by atoms with Crippen LogP contribution in [-0.4, -0.2) is 40.5 Å². The van der Waals surface area contributed by atoms with Gasteiger partial charge in [-0.1, -0.05) is 17.7 Å². The highest BCUT2D eigenvalue weighted by molar-refractivity contribution is 7.85. The lowest BCUT2D eigenvalue weighted by atomic mass is 10.1. The molecule has 2 rings (SSSR count). The predicted molar refractivity (Wildman–Crippen MR) is 89.7 cm³/mol. The summed E-state index contributed by atoms with van der Waals surface area (Å²) >= 11 is 6.08. The van der Waals surface area contributed by atoms with Crippen LogP contribution in [0, 0.1) is 0 Å². The van der Waals surface area contributed by atoms with Crippen molar-refractivity contribution < 1.29 is 13.7 Å². The topological polar surface area (TPSA) is 46.6 Å². The molecule has 0 aromatic heterocycles. The van der Waals surface area contributed by atoms with E-state index in [1.54, 1.807) is 26.2 Å². The fraction of sp³-hybridized carbons (Fsp3) is 0.562.